The van der Waals surface area contributed by atoms with Gasteiger partial charge in [-0.05, 0) is 42.0 Å². The predicted molar refractivity (Wildman–Crippen MR) is 99.4 cm³/mol. The fourth-order valence-electron chi connectivity index (χ4n) is 3.21. The monoisotopic (exact) mass is 330 g/mol. The maximum atomic E-state index is 5.82. The van der Waals surface area contributed by atoms with Crippen molar-refractivity contribution in [3.63, 3.8) is 0 Å². The smallest absolute Gasteiger partial charge is 0.126 e. The van der Waals surface area contributed by atoms with Crippen molar-refractivity contribution < 1.29 is 4.74 Å². The van der Waals surface area contributed by atoms with Crippen molar-refractivity contribution >= 4 is 23.5 Å². The van der Waals surface area contributed by atoms with E-state index in [2.05, 4.69) is 55.0 Å². The van der Waals surface area contributed by atoms with E-state index in [4.69, 9.17) is 4.74 Å². The first-order chi connectivity index (χ1) is 10.8. The molecule has 3 heteroatoms. The molecule has 22 heavy (non-hydrogen) atoms. The van der Waals surface area contributed by atoms with Gasteiger partial charge in [-0.25, -0.2) is 0 Å². The highest BCUT2D eigenvalue weighted by Gasteiger charge is 2.22. The molecule has 0 aromatic heterocycles. The van der Waals surface area contributed by atoms with Crippen LogP contribution in [0.5, 0.6) is 5.75 Å². The number of benzene rings is 2. The molecule has 2 aliphatic rings. The van der Waals surface area contributed by atoms with E-state index in [9.17, 15) is 0 Å². The highest BCUT2D eigenvalue weighted by Crippen LogP contribution is 2.42. The topological polar surface area (TPSA) is 9.23 Å². The van der Waals surface area contributed by atoms with Crippen LogP contribution in [0.4, 0.5) is 0 Å². The third-order valence-corrected chi connectivity index (χ3v) is 6.42. The minimum Gasteiger partial charge on any atom is -0.496 e. The van der Waals surface area contributed by atoms with Crippen LogP contribution in [-0.4, -0.2) is 19.6 Å². The second-order valence-corrected chi connectivity index (χ2v) is 7.72. The molecule has 0 aliphatic heterocycles. The molecule has 0 amide bonds. The second kappa shape index (κ2) is 7.01. The van der Waals surface area contributed by atoms with Crippen LogP contribution in [0.2, 0.25) is 0 Å². The van der Waals surface area contributed by atoms with Crippen LogP contribution in [-0.2, 0) is 12.8 Å². The van der Waals surface area contributed by atoms with Gasteiger partial charge in [0.1, 0.15) is 5.75 Å². The fourth-order valence-corrected chi connectivity index (χ4v) is 4.78. The minimum absolute atomic E-state index is 0.437. The second-order valence-electron chi connectivity index (χ2n) is 5.64. The first-order valence-corrected chi connectivity index (χ1v) is 10.1. The first-order valence-electron chi connectivity index (χ1n) is 7.57. The molecule has 0 N–H and O–H groups in total. The molecule has 116 valence electrons. The van der Waals surface area contributed by atoms with E-state index >= 15 is 0 Å². The molecule has 1 nitrogen and oxygen atoms in total. The normalized spacial score (nSPS) is 20.5. The van der Waals surface area contributed by atoms with Crippen molar-refractivity contribution in [3.8, 4) is 5.75 Å². The maximum Gasteiger partial charge on any atom is 0.126 e. The van der Waals surface area contributed by atoms with Gasteiger partial charge in [-0.15, -0.1) is 0 Å². The number of hydrogen-bond acceptors (Lipinski definition) is 3. The van der Waals surface area contributed by atoms with E-state index < -0.39 is 0 Å². The van der Waals surface area contributed by atoms with Gasteiger partial charge in [0.25, 0.3) is 0 Å². The zero-order valence-corrected chi connectivity index (χ0v) is 15.0. The quantitative estimate of drug-likeness (QED) is 0.755. The predicted octanol–water partition coefficient (Wildman–Crippen LogP) is 5.30. The summed E-state index contributed by atoms with van der Waals surface area (Å²) in [6.45, 7) is 0. The Hall–Kier alpha value is -1.06. The third-order valence-electron chi connectivity index (χ3n) is 4.42. The van der Waals surface area contributed by atoms with Crippen molar-refractivity contribution in [2.75, 3.05) is 19.6 Å². The van der Waals surface area contributed by atoms with Gasteiger partial charge in [-0.3, -0.25) is 0 Å². The number of methoxy groups -OCH3 is 1. The summed E-state index contributed by atoms with van der Waals surface area (Å²) in [5.41, 5.74) is 5.46. The van der Waals surface area contributed by atoms with Gasteiger partial charge in [0.05, 0.1) is 7.11 Å². The van der Waals surface area contributed by atoms with Gasteiger partial charge in [-0.1, -0.05) is 42.5 Å². The maximum absolute atomic E-state index is 5.82. The first kappa shape index (κ1) is 15.8. The van der Waals surface area contributed by atoms with Crippen LogP contribution in [0, 0.1) is 0 Å². The lowest BCUT2D eigenvalue weighted by molar-refractivity contribution is 0.404. The summed E-state index contributed by atoms with van der Waals surface area (Å²) in [5.74, 6) is 1.09. The molecular weight excluding hydrogens is 308 g/mol. The van der Waals surface area contributed by atoms with Crippen molar-refractivity contribution in [1.29, 1.82) is 0 Å². The van der Waals surface area contributed by atoms with Gasteiger partial charge < -0.3 is 4.74 Å². The Labute approximate surface area is 141 Å². The lowest BCUT2D eigenvalue weighted by Crippen LogP contribution is -2.04. The standard InChI is InChI=1S/C19H22OS2/c1-20-19-15-5-4-6-16(19)18(22-3)11-13-7-9-14(10-8-13)17(12-15)21-2/h4-10,17-18H,11-12H2,1-3H3. The van der Waals surface area contributed by atoms with E-state index in [1.807, 2.05) is 23.5 Å². The average molecular weight is 331 g/mol. The molecule has 2 atom stereocenters. The van der Waals surface area contributed by atoms with Gasteiger partial charge >= 0.3 is 0 Å². The van der Waals surface area contributed by atoms with Crippen LogP contribution < -0.4 is 4.74 Å². The number of thioether (sulfide) groups is 2. The molecule has 0 heterocycles. The van der Waals surface area contributed by atoms with E-state index in [0.29, 0.717) is 10.5 Å². The molecule has 0 saturated carbocycles. The number of fused-ring (bicyclic) bond motifs is 4. The van der Waals surface area contributed by atoms with E-state index in [0.717, 1.165) is 18.6 Å². The Bertz CT molecular complexity index is 636. The molecule has 0 spiro atoms. The highest BCUT2D eigenvalue weighted by atomic mass is 32.2. The molecule has 0 radical (unpaired) electrons. The van der Waals surface area contributed by atoms with Crippen molar-refractivity contribution in [2.24, 2.45) is 0 Å². The summed E-state index contributed by atoms with van der Waals surface area (Å²) < 4.78 is 5.82. The van der Waals surface area contributed by atoms with Crippen LogP contribution in [0.15, 0.2) is 42.5 Å². The fraction of sp³-hybridized carbons (Fsp3) is 0.368. The SMILES string of the molecule is COc1c2cccc1C(SC)Cc1ccc(cc1)C(SC)C2. The summed E-state index contributed by atoms with van der Waals surface area (Å²) in [7, 11) is 1.80. The lowest BCUT2D eigenvalue weighted by Gasteiger charge is -2.21. The number of rotatable bonds is 3. The largest absolute Gasteiger partial charge is 0.496 e. The zero-order valence-electron chi connectivity index (χ0n) is 13.3. The summed E-state index contributed by atoms with van der Waals surface area (Å²) in [6.07, 6.45) is 6.44. The highest BCUT2D eigenvalue weighted by molar-refractivity contribution is 7.99. The molecule has 2 aliphatic carbocycles. The molecule has 0 fully saturated rings. The number of para-hydroxylation sites is 1. The molecule has 4 bridgehead atoms. The van der Waals surface area contributed by atoms with E-state index in [1.54, 1.807) is 7.11 Å². The van der Waals surface area contributed by atoms with Crippen LogP contribution in [0.3, 0.4) is 0 Å². The molecule has 2 unspecified atom stereocenters. The molecule has 0 saturated heterocycles. The Morgan fingerprint density at radius 1 is 0.909 bits per heavy atom. The van der Waals surface area contributed by atoms with Crippen molar-refractivity contribution in [3.05, 3.63) is 64.7 Å². The third kappa shape index (κ3) is 3.02. The zero-order chi connectivity index (χ0) is 15.5. The van der Waals surface area contributed by atoms with E-state index in [1.165, 1.54) is 22.3 Å². The molecule has 2 aromatic carbocycles. The van der Waals surface area contributed by atoms with Crippen molar-refractivity contribution in [1.82, 2.24) is 0 Å². The lowest BCUT2D eigenvalue weighted by atomic mass is 10.00. The summed E-state index contributed by atoms with van der Waals surface area (Å²) in [5, 5.41) is 0.913. The van der Waals surface area contributed by atoms with Crippen LogP contribution >= 0.6 is 23.5 Å². The Balaban J connectivity index is 2.16. The van der Waals surface area contributed by atoms with Gasteiger partial charge in [-0.2, -0.15) is 23.5 Å². The average Bonchev–Trinajstić information content (AvgIpc) is 2.59. The Morgan fingerprint density at radius 3 is 2.27 bits per heavy atom. The molecule has 2 aromatic rings. The Kier molecular flexibility index (Phi) is 5.04. The number of ether oxygens (including phenoxy) is 1. The van der Waals surface area contributed by atoms with Gasteiger partial charge in [0.2, 0.25) is 0 Å². The summed E-state index contributed by atoms with van der Waals surface area (Å²) >= 11 is 3.82. The summed E-state index contributed by atoms with van der Waals surface area (Å²) in [4.78, 5) is 0. The molecule has 4 rings (SSSR count). The van der Waals surface area contributed by atoms with Gasteiger partial charge in [0.15, 0.2) is 0 Å². The van der Waals surface area contributed by atoms with Crippen LogP contribution in [0.1, 0.15) is 32.8 Å². The van der Waals surface area contributed by atoms with Crippen molar-refractivity contribution in [2.45, 2.75) is 23.3 Å². The summed E-state index contributed by atoms with van der Waals surface area (Å²) in [6, 6.07) is 15.8. The Morgan fingerprint density at radius 2 is 1.64 bits per heavy atom. The minimum atomic E-state index is 0.437. The molecular formula is C19H22OS2. The van der Waals surface area contributed by atoms with Crippen LogP contribution in [0.25, 0.3) is 0 Å². The van der Waals surface area contributed by atoms with E-state index in [-0.39, 0.29) is 0 Å². The number of hydrogen-bond donors (Lipinski definition) is 0. The van der Waals surface area contributed by atoms with Gasteiger partial charge in [0, 0.05) is 16.1 Å².